The van der Waals surface area contributed by atoms with Crippen LogP contribution in [-0.2, 0) is 6.42 Å². The van der Waals surface area contributed by atoms with Crippen molar-refractivity contribution in [1.29, 1.82) is 5.26 Å². The van der Waals surface area contributed by atoms with Crippen LogP contribution in [-0.4, -0.2) is 0 Å². The van der Waals surface area contributed by atoms with E-state index in [2.05, 4.69) is 0 Å². The number of hydrogen-bond acceptors (Lipinski definition) is 1. The summed E-state index contributed by atoms with van der Waals surface area (Å²) in [6.45, 7) is 0. The van der Waals surface area contributed by atoms with Crippen LogP contribution in [0, 0.1) is 17.1 Å². The zero-order valence-corrected chi connectivity index (χ0v) is 6.60. The maximum Gasteiger partial charge on any atom is 0.266 e. The Morgan fingerprint density at radius 2 is 2.08 bits per heavy atom. The molecule has 0 aromatic heterocycles. The largest absolute Gasteiger partial charge is 0.266 e. The number of halogens is 3. The van der Waals surface area contributed by atoms with Crippen LogP contribution in [0.25, 0.3) is 0 Å². The normalized spacial score (nSPS) is 10.1. The average Bonchev–Trinajstić information content (AvgIpc) is 2.04. The van der Waals surface area contributed by atoms with Gasteiger partial charge in [0, 0.05) is 0 Å². The van der Waals surface area contributed by atoms with Crippen molar-refractivity contribution in [3.8, 4) is 6.07 Å². The number of rotatable bonds is 2. The maximum absolute atomic E-state index is 12.8. The van der Waals surface area contributed by atoms with Crippen molar-refractivity contribution in [2.24, 2.45) is 0 Å². The number of nitriles is 1. The Hall–Kier alpha value is -1.50. The number of benzene rings is 1. The van der Waals surface area contributed by atoms with E-state index in [1.807, 2.05) is 0 Å². The van der Waals surface area contributed by atoms with Gasteiger partial charge in [-0.1, -0.05) is 12.1 Å². The van der Waals surface area contributed by atoms with Gasteiger partial charge in [-0.05, 0) is 11.6 Å². The molecule has 0 N–H and O–H groups in total. The average molecular weight is 185 g/mol. The molecule has 0 heterocycles. The zero-order chi connectivity index (χ0) is 9.84. The molecule has 1 aromatic carbocycles. The molecule has 13 heavy (non-hydrogen) atoms. The van der Waals surface area contributed by atoms with Gasteiger partial charge >= 0.3 is 0 Å². The predicted octanol–water partition coefficient (Wildman–Crippen LogP) is 2.83. The smallest absolute Gasteiger partial charge is 0.206 e. The molecule has 0 saturated heterocycles. The molecule has 0 unspecified atom stereocenters. The van der Waals surface area contributed by atoms with E-state index < -0.39 is 17.8 Å². The fraction of sp³-hybridized carbons (Fsp3) is 0.222. The van der Waals surface area contributed by atoms with Crippen LogP contribution < -0.4 is 0 Å². The molecule has 0 aliphatic carbocycles. The molecule has 1 aromatic rings. The number of hydrogen-bond donors (Lipinski definition) is 0. The minimum Gasteiger partial charge on any atom is -0.206 e. The summed E-state index contributed by atoms with van der Waals surface area (Å²) in [6.07, 6.45) is -2.78. The monoisotopic (exact) mass is 185 g/mol. The van der Waals surface area contributed by atoms with Gasteiger partial charge in [0.25, 0.3) is 6.43 Å². The van der Waals surface area contributed by atoms with Gasteiger partial charge in [-0.25, -0.2) is 13.2 Å². The van der Waals surface area contributed by atoms with E-state index in [0.717, 1.165) is 12.1 Å². The molecule has 0 amide bonds. The summed E-state index contributed by atoms with van der Waals surface area (Å²) < 4.78 is 36.9. The van der Waals surface area contributed by atoms with Crippen LogP contribution in [0.1, 0.15) is 17.6 Å². The molecule has 0 spiro atoms. The predicted molar refractivity (Wildman–Crippen MR) is 40.7 cm³/mol. The summed E-state index contributed by atoms with van der Waals surface area (Å²) in [6, 6.07) is 5.10. The van der Waals surface area contributed by atoms with Crippen LogP contribution in [0.2, 0.25) is 0 Å². The molecule has 0 saturated carbocycles. The molecule has 0 aliphatic heterocycles. The first kappa shape index (κ1) is 9.59. The highest BCUT2D eigenvalue weighted by Crippen LogP contribution is 2.22. The summed E-state index contributed by atoms with van der Waals surface area (Å²) in [5, 5.41) is 8.27. The first-order valence-electron chi connectivity index (χ1n) is 3.58. The van der Waals surface area contributed by atoms with E-state index >= 15 is 0 Å². The lowest BCUT2D eigenvalue weighted by Gasteiger charge is -2.02. The van der Waals surface area contributed by atoms with Crippen LogP contribution in [0.4, 0.5) is 13.2 Å². The van der Waals surface area contributed by atoms with E-state index in [-0.39, 0.29) is 6.42 Å². The van der Waals surface area contributed by atoms with Gasteiger partial charge in [-0.2, -0.15) is 5.26 Å². The highest BCUT2D eigenvalue weighted by Gasteiger charge is 2.12. The third kappa shape index (κ3) is 2.22. The van der Waals surface area contributed by atoms with Gasteiger partial charge < -0.3 is 0 Å². The summed E-state index contributed by atoms with van der Waals surface area (Å²) in [4.78, 5) is 0. The minimum absolute atomic E-state index is 0.0282. The molecule has 0 radical (unpaired) electrons. The molecule has 0 aliphatic rings. The van der Waals surface area contributed by atoms with Gasteiger partial charge in [0.15, 0.2) is 0 Å². The Bertz CT molecular complexity index is 341. The van der Waals surface area contributed by atoms with E-state index in [9.17, 15) is 13.2 Å². The molecule has 1 nitrogen and oxygen atoms in total. The Morgan fingerprint density at radius 1 is 1.38 bits per heavy atom. The Labute approximate surface area is 73.4 Å². The topological polar surface area (TPSA) is 23.8 Å². The third-order valence-electron chi connectivity index (χ3n) is 1.58. The van der Waals surface area contributed by atoms with Crippen molar-refractivity contribution in [3.63, 3.8) is 0 Å². The van der Waals surface area contributed by atoms with E-state index in [1.54, 1.807) is 6.07 Å². The van der Waals surface area contributed by atoms with Crippen molar-refractivity contribution in [1.82, 2.24) is 0 Å². The second-order valence-electron chi connectivity index (χ2n) is 2.49. The van der Waals surface area contributed by atoms with Crippen LogP contribution in [0.5, 0.6) is 0 Å². The van der Waals surface area contributed by atoms with Crippen molar-refractivity contribution < 1.29 is 13.2 Å². The summed E-state index contributed by atoms with van der Waals surface area (Å²) >= 11 is 0. The van der Waals surface area contributed by atoms with Crippen LogP contribution >= 0.6 is 0 Å². The molecule has 68 valence electrons. The summed E-state index contributed by atoms with van der Waals surface area (Å²) in [5.41, 5.74) is -0.217. The molecular formula is C9H6F3N. The lowest BCUT2D eigenvalue weighted by Crippen LogP contribution is -1.92. The lowest BCUT2D eigenvalue weighted by molar-refractivity contribution is 0.146. The second kappa shape index (κ2) is 3.94. The second-order valence-corrected chi connectivity index (χ2v) is 2.49. The first-order valence-corrected chi connectivity index (χ1v) is 3.58. The summed E-state index contributed by atoms with van der Waals surface area (Å²) in [5.74, 6) is -0.956. The van der Waals surface area contributed by atoms with Crippen molar-refractivity contribution in [2.45, 2.75) is 12.8 Å². The van der Waals surface area contributed by atoms with Gasteiger partial charge in [0.2, 0.25) is 0 Å². The van der Waals surface area contributed by atoms with Gasteiger partial charge in [0.05, 0.1) is 18.1 Å². The SMILES string of the molecule is N#CCc1ccc(C(F)F)c(F)c1. The molecule has 0 atom stereocenters. The fourth-order valence-corrected chi connectivity index (χ4v) is 0.949. The minimum atomic E-state index is -2.81. The molecular weight excluding hydrogens is 179 g/mol. The van der Waals surface area contributed by atoms with Crippen molar-refractivity contribution >= 4 is 0 Å². The number of alkyl halides is 2. The van der Waals surface area contributed by atoms with Gasteiger partial charge in [-0.3, -0.25) is 0 Å². The standard InChI is InChI=1S/C9H6F3N/c10-8-5-6(3-4-13)1-2-7(8)9(11)12/h1-2,5,9H,3H2. The highest BCUT2D eigenvalue weighted by atomic mass is 19.3. The van der Waals surface area contributed by atoms with Crippen molar-refractivity contribution in [3.05, 3.63) is 35.1 Å². The van der Waals surface area contributed by atoms with Gasteiger partial charge in [-0.15, -0.1) is 0 Å². The van der Waals surface area contributed by atoms with E-state index in [4.69, 9.17) is 5.26 Å². The Kier molecular flexibility index (Phi) is 2.91. The van der Waals surface area contributed by atoms with Crippen molar-refractivity contribution in [2.75, 3.05) is 0 Å². The third-order valence-corrected chi connectivity index (χ3v) is 1.58. The van der Waals surface area contributed by atoms with E-state index in [1.165, 1.54) is 6.07 Å². The van der Waals surface area contributed by atoms with Crippen LogP contribution in [0.3, 0.4) is 0 Å². The lowest BCUT2D eigenvalue weighted by atomic mass is 10.1. The maximum atomic E-state index is 12.8. The molecule has 1 rings (SSSR count). The highest BCUT2D eigenvalue weighted by molar-refractivity contribution is 5.26. The molecule has 0 bridgehead atoms. The molecule has 0 fully saturated rings. The molecule has 4 heteroatoms. The quantitative estimate of drug-likeness (QED) is 0.694. The first-order chi connectivity index (χ1) is 6.15. The Balaban J connectivity index is 3.00. The van der Waals surface area contributed by atoms with Crippen LogP contribution in [0.15, 0.2) is 18.2 Å². The summed E-state index contributed by atoms with van der Waals surface area (Å²) in [7, 11) is 0. The zero-order valence-electron chi connectivity index (χ0n) is 6.60. The fourth-order valence-electron chi connectivity index (χ4n) is 0.949. The number of nitrogens with zero attached hydrogens (tertiary/aromatic N) is 1. The van der Waals surface area contributed by atoms with Gasteiger partial charge in [0.1, 0.15) is 5.82 Å². The van der Waals surface area contributed by atoms with E-state index in [0.29, 0.717) is 5.56 Å². The Morgan fingerprint density at radius 3 is 2.54 bits per heavy atom.